The lowest BCUT2D eigenvalue weighted by Crippen LogP contribution is -2.63. The van der Waals surface area contributed by atoms with Gasteiger partial charge in [-0.05, 0) is 341 Å². The number of nitrogens with one attached hydrogen (secondary N) is 10. The summed E-state index contributed by atoms with van der Waals surface area (Å²) in [5.74, 6) is 0.536. The van der Waals surface area contributed by atoms with E-state index < -0.39 is 10.2 Å². The molecule has 16 heterocycles. The molecule has 0 bridgehead atoms. The SMILES string of the molecule is CC(C)(C)N1CCC2(CC1)CNC(=O)C2.CC(C)(C)N1CCC2(CC1)CNC(=O)N2.CC(C)(C)N1CCC2(CC1)CNC(=O)OC2.CC(C)(C)N1CCC2(CC1)CNS(=O)(=O)N2.CC(C)(C)N1CCC2(CC1)COC(=O)N2.CC(C)(C)N1CCC2(CC1)COCC(=O)N2.CC(C)(C)N1CCC2(CCC(=O)N2)CC1.CC(C)(C)N1CCCCC1.CC(C)(C)N1CCNCC1. The largest absolute Gasteiger partial charge is 0.449 e. The molecule has 0 aromatic rings. The molecule has 16 fully saturated rings. The van der Waals surface area contributed by atoms with Crippen molar-refractivity contribution in [3.05, 3.63) is 0 Å². The molecule has 742 valence electrons. The number of hydrogen-bond acceptors (Lipinski definition) is 21. The van der Waals surface area contributed by atoms with Gasteiger partial charge in [-0.1, -0.05) is 6.42 Å². The van der Waals surface area contributed by atoms with E-state index in [1.165, 1.54) is 58.3 Å². The highest BCUT2D eigenvalue weighted by Gasteiger charge is 2.50. The molecule has 16 aliphatic heterocycles. The van der Waals surface area contributed by atoms with Gasteiger partial charge in [0.05, 0.1) is 28.8 Å². The number of cyclic esters (lactones) is 2. The molecule has 7 amide bonds. The first-order valence-electron chi connectivity index (χ1n) is 49.5. The lowest BCUT2D eigenvalue weighted by molar-refractivity contribution is -0.137. The van der Waals surface area contributed by atoms with Crippen molar-refractivity contribution in [1.29, 1.82) is 0 Å². The first-order chi connectivity index (χ1) is 58.9. The Balaban J connectivity index is 0.000000179. The minimum atomic E-state index is -3.23. The Morgan fingerprint density at radius 2 is 0.633 bits per heavy atom. The number of hydrogen-bond donors (Lipinski definition) is 10. The summed E-state index contributed by atoms with van der Waals surface area (Å²) in [6.07, 6.45) is 20.9. The van der Waals surface area contributed by atoms with Crippen molar-refractivity contribution < 1.29 is 51.4 Å². The van der Waals surface area contributed by atoms with Crippen LogP contribution in [0.3, 0.4) is 0 Å². The van der Waals surface area contributed by atoms with Crippen LogP contribution in [-0.2, 0) is 38.8 Å². The van der Waals surface area contributed by atoms with Crippen LogP contribution in [0.1, 0.15) is 315 Å². The summed E-state index contributed by atoms with van der Waals surface area (Å²) in [4.78, 5) is 89.6. The van der Waals surface area contributed by atoms with E-state index in [1.807, 2.05) is 0 Å². The van der Waals surface area contributed by atoms with E-state index in [2.05, 4.69) is 283 Å². The van der Waals surface area contributed by atoms with Crippen LogP contribution >= 0.6 is 0 Å². The van der Waals surface area contributed by atoms with Crippen LogP contribution < -0.4 is 52.0 Å². The summed E-state index contributed by atoms with van der Waals surface area (Å²) in [6, 6.07) is -0.000733. The maximum atomic E-state index is 11.4. The minimum absolute atomic E-state index is 0.000733. The summed E-state index contributed by atoms with van der Waals surface area (Å²) in [5.41, 5.74) is 2.71. The second kappa shape index (κ2) is 43.8. The number of rotatable bonds is 0. The Kier molecular flexibility index (Phi) is 37.3. The van der Waals surface area contributed by atoms with Gasteiger partial charge in [0.2, 0.25) is 17.7 Å². The number of piperazine rings is 1. The van der Waals surface area contributed by atoms with Crippen molar-refractivity contribution >= 4 is 46.1 Å². The smallest absolute Gasteiger partial charge is 0.407 e. The van der Waals surface area contributed by atoms with E-state index in [0.29, 0.717) is 42.9 Å². The van der Waals surface area contributed by atoms with Gasteiger partial charge in [0.1, 0.15) is 19.8 Å². The number of alkyl carbamates (subject to hydrolysis) is 2. The lowest BCUT2D eigenvalue weighted by atomic mass is 9.77. The van der Waals surface area contributed by atoms with Crippen LogP contribution in [0.25, 0.3) is 0 Å². The number of piperidine rings is 8. The average Bonchev–Trinajstić information content (AvgIpc) is 1.60. The number of amides is 7. The van der Waals surface area contributed by atoms with Crippen molar-refractivity contribution in [3.63, 3.8) is 0 Å². The number of ether oxygens (including phenoxy) is 3. The normalized spacial score (nSPS) is 26.5. The Hall–Kier alpha value is -4.35. The Bertz CT molecular complexity index is 3360. The quantitative estimate of drug-likeness (QED) is 0.108. The molecular formula is C97H187N19O11S. The molecule has 16 saturated heterocycles. The molecule has 128 heavy (non-hydrogen) atoms. The van der Waals surface area contributed by atoms with Gasteiger partial charge in [-0.2, -0.15) is 13.1 Å². The van der Waals surface area contributed by atoms with Crippen LogP contribution in [0.5, 0.6) is 0 Å². The summed E-state index contributed by atoms with van der Waals surface area (Å²) in [5, 5.41) is 24.3. The van der Waals surface area contributed by atoms with Crippen LogP contribution in [0.4, 0.5) is 14.4 Å². The average molecular weight is 1830 g/mol. The van der Waals surface area contributed by atoms with Gasteiger partial charge in [0.15, 0.2) is 0 Å². The Labute approximate surface area is 776 Å². The van der Waals surface area contributed by atoms with Gasteiger partial charge >= 0.3 is 18.2 Å². The fourth-order valence-electron chi connectivity index (χ4n) is 20.9. The molecule has 0 atom stereocenters. The van der Waals surface area contributed by atoms with Crippen molar-refractivity contribution in [2.45, 2.75) is 393 Å². The van der Waals surface area contributed by atoms with Crippen molar-refractivity contribution in [3.8, 4) is 0 Å². The second-order valence-corrected chi connectivity index (χ2v) is 51.0. The van der Waals surface area contributed by atoms with Crippen LogP contribution in [0, 0.1) is 10.8 Å². The molecule has 10 N–H and O–H groups in total. The zero-order valence-corrected chi connectivity index (χ0v) is 86.7. The number of urea groups is 1. The summed E-state index contributed by atoms with van der Waals surface area (Å²) in [6.45, 7) is 88.1. The molecule has 16 aliphatic rings. The lowest BCUT2D eigenvalue weighted by Gasteiger charge is -2.47. The topological polar surface area (TPSA) is 314 Å². The zero-order valence-electron chi connectivity index (χ0n) is 85.9. The van der Waals surface area contributed by atoms with E-state index in [1.54, 1.807) is 0 Å². The minimum Gasteiger partial charge on any atom is -0.449 e. The fraction of sp³-hybridized carbons (Fsp3) is 0.938. The van der Waals surface area contributed by atoms with Crippen LogP contribution in [0.2, 0.25) is 0 Å². The first kappa shape index (κ1) is 109. The van der Waals surface area contributed by atoms with E-state index in [9.17, 15) is 37.2 Å². The highest BCUT2D eigenvalue weighted by molar-refractivity contribution is 7.87. The van der Waals surface area contributed by atoms with Gasteiger partial charge in [0.25, 0.3) is 10.2 Å². The monoisotopic (exact) mass is 1830 g/mol. The third kappa shape index (κ3) is 33.3. The maximum absolute atomic E-state index is 11.4. The summed E-state index contributed by atoms with van der Waals surface area (Å²) in [7, 11) is -3.23. The third-order valence-electron chi connectivity index (χ3n) is 30.6. The van der Waals surface area contributed by atoms with Crippen molar-refractivity contribution in [2.75, 3.05) is 184 Å². The van der Waals surface area contributed by atoms with E-state index >= 15 is 0 Å². The van der Waals surface area contributed by atoms with Gasteiger partial charge in [-0.15, -0.1) is 0 Å². The molecule has 0 aromatic heterocycles. The zero-order chi connectivity index (χ0) is 95.3. The standard InChI is InChI=1S/2C12H22N2O2.2C12H22N2O.C11H21N3O.C11H20N2O2.C10H21N3O2S.C9H19N.C8H18N2/c1-11(2,3)14-6-4-12(5-7-14)8-13-10(15)16-9-12;1-11(2,3)14-6-4-12(5-7-14)9-16-8-10(15)13-12;1-11(2,3)14-6-4-12(5-7-14)8-10(15)13-9-12;1-11(2,3)14-8-6-12(7-9-14)5-4-10(15)13-12;1-10(2,3)14-6-4-11(5-7-14)8-12-9(15)13-11;1-10(2,3)13-6-4-11(5-7-13)8-15-9(14)12-11;1-9(2,3)13-6-4-10(5-7-13)8-11-16(14,15)12-10;1-9(2,3)10-7-5-4-6-8-10;1-8(2,3)10-6-4-9-5-7-10/h2*4-9H2,1-3H3,(H,13,15);2*4-9H2,1-3H3,(H,13,15);4-8H2,1-3H3,(H2,12,13,15);4-8H2,1-3H3,(H,12,14);11-12H,4-8H2,1-3H3;4-8H2,1-3H3;9H,4-7H2,1-3H3. The van der Waals surface area contributed by atoms with Crippen molar-refractivity contribution in [2.24, 2.45) is 10.8 Å². The molecule has 0 aromatic carbocycles. The number of carbonyl (C=O) groups excluding carboxylic acids is 6. The highest BCUT2D eigenvalue weighted by Crippen LogP contribution is 2.41. The van der Waals surface area contributed by atoms with Gasteiger partial charge < -0.3 is 56.7 Å². The predicted molar refractivity (Wildman–Crippen MR) is 516 cm³/mol. The second-order valence-electron chi connectivity index (χ2n) is 49.5. The van der Waals surface area contributed by atoms with Crippen LogP contribution in [-0.4, -0.2) is 350 Å². The van der Waals surface area contributed by atoms with Gasteiger partial charge in [0, 0.05) is 191 Å². The van der Waals surface area contributed by atoms with E-state index in [-0.39, 0.29) is 114 Å². The molecule has 0 radical (unpaired) electrons. The maximum Gasteiger partial charge on any atom is 0.407 e. The van der Waals surface area contributed by atoms with E-state index in [4.69, 9.17) is 14.2 Å². The highest BCUT2D eigenvalue weighted by atomic mass is 32.2. The molecule has 0 saturated carbocycles. The number of likely N-dealkylation sites (tertiary alicyclic amines) is 8. The van der Waals surface area contributed by atoms with E-state index in [0.717, 1.165) is 221 Å². The molecule has 31 heteroatoms. The predicted octanol–water partition coefficient (Wildman–Crippen LogP) is 10.6. The molecule has 7 spiro atoms. The molecule has 30 nitrogen and oxygen atoms in total. The molecule has 16 rings (SSSR count). The molecule has 0 unspecified atom stereocenters. The number of nitrogens with zero attached hydrogens (tertiary/aromatic N) is 9. The molecule has 0 aliphatic carbocycles. The first-order valence-corrected chi connectivity index (χ1v) is 51.0. The van der Waals surface area contributed by atoms with Crippen molar-refractivity contribution in [1.82, 2.24) is 96.1 Å². The van der Waals surface area contributed by atoms with Crippen LogP contribution in [0.15, 0.2) is 0 Å². The summed E-state index contributed by atoms with van der Waals surface area (Å²) < 4.78 is 43.5. The molecular weight excluding hydrogens is 1640 g/mol. The van der Waals surface area contributed by atoms with Gasteiger partial charge in [-0.25, -0.2) is 19.1 Å². The third-order valence-corrected chi connectivity index (χ3v) is 31.8. The number of carbonyl (C=O) groups is 6. The fourth-order valence-corrected chi connectivity index (χ4v) is 22.3. The van der Waals surface area contributed by atoms with Gasteiger partial charge in [-0.3, -0.25) is 58.5 Å². The Morgan fingerprint density at radius 3 is 0.938 bits per heavy atom. The Morgan fingerprint density at radius 1 is 0.289 bits per heavy atom. The number of morpholine rings is 1. The summed E-state index contributed by atoms with van der Waals surface area (Å²) >= 11 is 0.